The molecule has 0 aliphatic carbocycles. The van der Waals surface area contributed by atoms with Crippen molar-refractivity contribution in [3.8, 4) is 0 Å². The first-order valence-corrected chi connectivity index (χ1v) is 7.81. The Morgan fingerprint density at radius 2 is 1.65 bits per heavy atom. The highest BCUT2D eigenvalue weighted by Gasteiger charge is 2.19. The standard InChI is InChI=1S/C17H19BrClN/c1-10-7-11(2)16(12(3)8-10)17(20-4)14-6-5-13(18)9-15(14)19/h5-9,17,20H,1-4H3. The van der Waals surface area contributed by atoms with E-state index in [0.717, 1.165) is 15.1 Å². The van der Waals surface area contributed by atoms with Crippen LogP contribution in [0.3, 0.4) is 0 Å². The summed E-state index contributed by atoms with van der Waals surface area (Å²) < 4.78 is 0.999. The number of aryl methyl sites for hydroxylation is 3. The molecule has 0 radical (unpaired) electrons. The van der Waals surface area contributed by atoms with Gasteiger partial charge in [0.25, 0.3) is 0 Å². The summed E-state index contributed by atoms with van der Waals surface area (Å²) in [6.07, 6.45) is 0. The minimum atomic E-state index is 0.108. The lowest BCUT2D eigenvalue weighted by molar-refractivity contribution is 0.683. The van der Waals surface area contributed by atoms with E-state index in [-0.39, 0.29) is 6.04 Å². The Hall–Kier alpha value is -0.830. The summed E-state index contributed by atoms with van der Waals surface area (Å²) in [5, 5.41) is 4.17. The van der Waals surface area contributed by atoms with Crippen LogP contribution in [0.1, 0.15) is 33.9 Å². The Morgan fingerprint density at radius 1 is 1.05 bits per heavy atom. The summed E-state index contributed by atoms with van der Waals surface area (Å²) in [5.74, 6) is 0. The van der Waals surface area contributed by atoms with Crippen LogP contribution in [0, 0.1) is 20.8 Å². The fourth-order valence-corrected chi connectivity index (χ4v) is 3.62. The van der Waals surface area contributed by atoms with Crippen LogP contribution in [0.2, 0.25) is 5.02 Å². The molecule has 1 N–H and O–H groups in total. The fraction of sp³-hybridized carbons (Fsp3) is 0.294. The molecule has 0 aromatic heterocycles. The maximum atomic E-state index is 6.42. The van der Waals surface area contributed by atoms with Crippen molar-refractivity contribution in [1.29, 1.82) is 0 Å². The summed E-state index contributed by atoms with van der Waals surface area (Å²) in [4.78, 5) is 0. The Labute approximate surface area is 134 Å². The third-order valence-corrected chi connectivity index (χ3v) is 4.41. The average molecular weight is 353 g/mol. The van der Waals surface area contributed by atoms with Crippen LogP contribution in [0.15, 0.2) is 34.8 Å². The van der Waals surface area contributed by atoms with Crippen LogP contribution in [-0.2, 0) is 0 Å². The van der Waals surface area contributed by atoms with E-state index in [2.05, 4.69) is 60.2 Å². The highest BCUT2D eigenvalue weighted by Crippen LogP contribution is 2.33. The summed E-state index contributed by atoms with van der Waals surface area (Å²) in [6.45, 7) is 6.45. The molecule has 0 aliphatic rings. The van der Waals surface area contributed by atoms with Crippen LogP contribution in [0.4, 0.5) is 0 Å². The second-order valence-corrected chi connectivity index (χ2v) is 6.52. The normalized spacial score (nSPS) is 12.5. The molecule has 3 heteroatoms. The van der Waals surface area contributed by atoms with Crippen LogP contribution >= 0.6 is 27.5 Å². The number of halogens is 2. The smallest absolute Gasteiger partial charge is 0.0594 e. The van der Waals surface area contributed by atoms with E-state index in [4.69, 9.17) is 11.6 Å². The van der Waals surface area contributed by atoms with Crippen molar-refractivity contribution in [3.05, 3.63) is 67.6 Å². The Bertz CT molecular complexity index is 614. The molecule has 106 valence electrons. The summed E-state index contributed by atoms with van der Waals surface area (Å²) in [7, 11) is 1.97. The van der Waals surface area contributed by atoms with Crippen LogP contribution < -0.4 is 5.32 Å². The minimum absolute atomic E-state index is 0.108. The van der Waals surface area contributed by atoms with Gasteiger partial charge in [-0.15, -0.1) is 0 Å². The molecular weight excluding hydrogens is 334 g/mol. The predicted molar refractivity (Wildman–Crippen MR) is 90.7 cm³/mol. The molecule has 0 bridgehead atoms. The van der Waals surface area contributed by atoms with Crippen molar-refractivity contribution in [3.63, 3.8) is 0 Å². The van der Waals surface area contributed by atoms with Gasteiger partial charge in [-0.2, -0.15) is 0 Å². The molecule has 0 saturated carbocycles. The second-order valence-electron chi connectivity index (χ2n) is 5.20. The molecule has 1 nitrogen and oxygen atoms in total. The molecule has 1 atom stereocenters. The third kappa shape index (κ3) is 3.08. The minimum Gasteiger partial charge on any atom is -0.309 e. The van der Waals surface area contributed by atoms with E-state index in [1.54, 1.807) is 0 Å². The molecule has 0 saturated heterocycles. The molecule has 2 aromatic carbocycles. The number of hydrogen-bond acceptors (Lipinski definition) is 1. The second kappa shape index (κ2) is 6.30. The molecular formula is C17H19BrClN. The van der Waals surface area contributed by atoms with Crippen molar-refractivity contribution in [1.82, 2.24) is 5.32 Å². The summed E-state index contributed by atoms with van der Waals surface area (Å²) in [6, 6.07) is 10.6. The Balaban J connectivity index is 2.58. The number of nitrogens with one attached hydrogen (secondary N) is 1. The van der Waals surface area contributed by atoms with Gasteiger partial charge in [-0.1, -0.05) is 51.3 Å². The van der Waals surface area contributed by atoms with E-state index in [1.807, 2.05) is 19.2 Å². The third-order valence-electron chi connectivity index (χ3n) is 3.59. The van der Waals surface area contributed by atoms with Crippen molar-refractivity contribution in [2.75, 3.05) is 7.05 Å². The van der Waals surface area contributed by atoms with Crippen molar-refractivity contribution in [2.24, 2.45) is 0 Å². The average Bonchev–Trinajstić information content (AvgIpc) is 2.34. The van der Waals surface area contributed by atoms with E-state index in [1.165, 1.54) is 22.3 Å². The van der Waals surface area contributed by atoms with Gasteiger partial charge in [-0.25, -0.2) is 0 Å². The maximum Gasteiger partial charge on any atom is 0.0594 e. The first-order chi connectivity index (χ1) is 9.43. The van der Waals surface area contributed by atoms with Gasteiger partial charge in [-0.3, -0.25) is 0 Å². The molecule has 0 heterocycles. The highest BCUT2D eigenvalue weighted by molar-refractivity contribution is 9.10. The molecule has 2 aromatic rings. The SMILES string of the molecule is CNC(c1ccc(Br)cc1Cl)c1c(C)cc(C)cc1C. The number of rotatable bonds is 3. The predicted octanol–water partition coefficient (Wildman–Crippen LogP) is 5.34. The van der Waals surface area contributed by atoms with Crippen LogP contribution in [0.5, 0.6) is 0 Å². The molecule has 0 amide bonds. The molecule has 2 rings (SSSR count). The largest absolute Gasteiger partial charge is 0.309 e. The molecule has 0 spiro atoms. The topological polar surface area (TPSA) is 12.0 Å². The summed E-state index contributed by atoms with van der Waals surface area (Å²) >= 11 is 9.88. The number of benzene rings is 2. The zero-order valence-corrected chi connectivity index (χ0v) is 14.6. The lowest BCUT2D eigenvalue weighted by atomic mass is 9.90. The van der Waals surface area contributed by atoms with E-state index < -0.39 is 0 Å². The van der Waals surface area contributed by atoms with Gasteiger partial charge in [0.15, 0.2) is 0 Å². The van der Waals surface area contributed by atoms with Gasteiger partial charge >= 0.3 is 0 Å². The first kappa shape index (κ1) is 15.6. The lowest BCUT2D eigenvalue weighted by Crippen LogP contribution is -2.20. The molecule has 20 heavy (non-hydrogen) atoms. The molecule has 1 unspecified atom stereocenters. The molecule has 0 fully saturated rings. The Kier molecular flexibility index (Phi) is 4.90. The van der Waals surface area contributed by atoms with Gasteiger partial charge < -0.3 is 5.32 Å². The van der Waals surface area contributed by atoms with Gasteiger partial charge in [0.05, 0.1) is 6.04 Å². The van der Waals surface area contributed by atoms with Gasteiger partial charge in [0, 0.05) is 9.50 Å². The number of hydrogen-bond donors (Lipinski definition) is 1. The zero-order valence-electron chi connectivity index (χ0n) is 12.2. The lowest BCUT2D eigenvalue weighted by Gasteiger charge is -2.23. The highest BCUT2D eigenvalue weighted by atomic mass is 79.9. The van der Waals surface area contributed by atoms with Crippen LogP contribution in [-0.4, -0.2) is 7.05 Å². The van der Waals surface area contributed by atoms with Gasteiger partial charge in [-0.05, 0) is 62.2 Å². The maximum absolute atomic E-state index is 6.42. The van der Waals surface area contributed by atoms with Crippen LogP contribution in [0.25, 0.3) is 0 Å². The van der Waals surface area contributed by atoms with E-state index in [0.29, 0.717) is 0 Å². The van der Waals surface area contributed by atoms with E-state index in [9.17, 15) is 0 Å². The van der Waals surface area contributed by atoms with Gasteiger partial charge in [0.1, 0.15) is 0 Å². The van der Waals surface area contributed by atoms with Crippen molar-refractivity contribution >= 4 is 27.5 Å². The Morgan fingerprint density at radius 3 is 2.15 bits per heavy atom. The first-order valence-electron chi connectivity index (χ1n) is 6.64. The quantitative estimate of drug-likeness (QED) is 0.786. The summed E-state index contributed by atoms with van der Waals surface area (Å²) in [5.41, 5.74) is 6.29. The van der Waals surface area contributed by atoms with Gasteiger partial charge in [0.2, 0.25) is 0 Å². The zero-order chi connectivity index (χ0) is 14.9. The fourth-order valence-electron chi connectivity index (χ4n) is 2.84. The monoisotopic (exact) mass is 351 g/mol. The van der Waals surface area contributed by atoms with Crippen molar-refractivity contribution < 1.29 is 0 Å². The molecule has 0 aliphatic heterocycles. The van der Waals surface area contributed by atoms with E-state index >= 15 is 0 Å². The van der Waals surface area contributed by atoms with Crippen molar-refractivity contribution in [2.45, 2.75) is 26.8 Å².